The molecule has 2 N–H and O–H groups in total. The largest absolute Gasteiger partial charge is 0.489 e. The van der Waals surface area contributed by atoms with E-state index in [2.05, 4.69) is 35.8 Å². The molecule has 1 unspecified atom stereocenters. The van der Waals surface area contributed by atoms with E-state index in [1.165, 1.54) is 0 Å². The highest BCUT2D eigenvalue weighted by molar-refractivity contribution is 14.0. The van der Waals surface area contributed by atoms with Crippen LogP contribution >= 0.6 is 24.0 Å². The average Bonchev–Trinajstić information content (AvgIpc) is 3.25. The van der Waals surface area contributed by atoms with Gasteiger partial charge in [0.1, 0.15) is 12.4 Å². The van der Waals surface area contributed by atoms with Crippen molar-refractivity contribution < 1.29 is 9.53 Å². The molecule has 1 aliphatic heterocycles. The summed E-state index contributed by atoms with van der Waals surface area (Å²) in [5, 5.41) is 6.81. The molecule has 1 saturated heterocycles. The van der Waals surface area contributed by atoms with Gasteiger partial charge < -0.3 is 20.3 Å². The van der Waals surface area contributed by atoms with Gasteiger partial charge in [0.25, 0.3) is 0 Å². The number of halogens is 1. The quantitative estimate of drug-likeness (QED) is 0.294. The minimum absolute atomic E-state index is 0. The van der Waals surface area contributed by atoms with Gasteiger partial charge in [-0.25, -0.2) is 4.99 Å². The number of ether oxygens (including phenoxy) is 1. The highest BCUT2D eigenvalue weighted by Gasteiger charge is 2.27. The number of amides is 1. The van der Waals surface area contributed by atoms with Crippen LogP contribution in [0.2, 0.25) is 0 Å². The Labute approximate surface area is 208 Å². The van der Waals surface area contributed by atoms with E-state index in [0.717, 1.165) is 48.9 Å². The fraction of sp³-hybridized carbons (Fsp3) is 0.440. The molecule has 1 amide bonds. The Bertz CT molecular complexity index is 873. The number of rotatable bonds is 8. The topological polar surface area (TPSA) is 66.0 Å². The van der Waals surface area contributed by atoms with Crippen molar-refractivity contribution in [2.75, 3.05) is 19.6 Å². The predicted octanol–water partition coefficient (Wildman–Crippen LogP) is 4.20. The molecule has 1 atom stereocenters. The van der Waals surface area contributed by atoms with Crippen molar-refractivity contribution in [1.82, 2.24) is 15.5 Å². The number of hydrogen-bond donors (Lipinski definition) is 2. The van der Waals surface area contributed by atoms with E-state index in [9.17, 15) is 4.79 Å². The molecule has 3 rings (SSSR count). The number of carbonyl (C=O) groups excluding carboxylic acids is 1. The Morgan fingerprint density at radius 3 is 2.62 bits per heavy atom. The van der Waals surface area contributed by atoms with E-state index in [0.29, 0.717) is 13.2 Å². The van der Waals surface area contributed by atoms with Crippen LogP contribution in [0.15, 0.2) is 59.6 Å². The molecular weight excluding hydrogens is 515 g/mol. The lowest BCUT2D eigenvalue weighted by Crippen LogP contribution is -2.45. The molecule has 0 saturated carbocycles. The number of likely N-dealkylation sites (tertiary alicyclic amines) is 1. The first-order chi connectivity index (χ1) is 15.0. The summed E-state index contributed by atoms with van der Waals surface area (Å²) >= 11 is 0. The summed E-state index contributed by atoms with van der Waals surface area (Å²) in [7, 11) is 0. The summed E-state index contributed by atoms with van der Waals surface area (Å²) in [4.78, 5) is 18.9. The maximum atomic E-state index is 12.2. The second-order valence-corrected chi connectivity index (χ2v) is 8.19. The maximum absolute atomic E-state index is 12.2. The summed E-state index contributed by atoms with van der Waals surface area (Å²) in [6.07, 6.45) is 0.940. The fourth-order valence-electron chi connectivity index (χ4n) is 3.63. The first kappa shape index (κ1) is 26.0. The van der Waals surface area contributed by atoms with Crippen molar-refractivity contribution in [2.24, 2.45) is 10.9 Å². The van der Waals surface area contributed by atoms with Gasteiger partial charge in [0, 0.05) is 31.6 Å². The van der Waals surface area contributed by atoms with Gasteiger partial charge in [-0.05, 0) is 36.6 Å². The minimum Gasteiger partial charge on any atom is -0.489 e. The number of para-hydroxylation sites is 1. The number of hydrogen-bond acceptors (Lipinski definition) is 3. The van der Waals surface area contributed by atoms with E-state index in [1.807, 2.05) is 55.1 Å². The van der Waals surface area contributed by atoms with E-state index in [-0.39, 0.29) is 41.8 Å². The molecule has 1 aliphatic rings. The molecule has 174 valence electrons. The van der Waals surface area contributed by atoms with Gasteiger partial charge in [-0.15, -0.1) is 24.0 Å². The Hall–Kier alpha value is -2.29. The second-order valence-electron chi connectivity index (χ2n) is 8.19. The maximum Gasteiger partial charge on any atom is 0.225 e. The fourth-order valence-corrected chi connectivity index (χ4v) is 3.63. The number of guanidine groups is 1. The smallest absolute Gasteiger partial charge is 0.225 e. The third-order valence-electron chi connectivity index (χ3n) is 5.24. The van der Waals surface area contributed by atoms with Crippen LogP contribution < -0.4 is 15.4 Å². The predicted molar refractivity (Wildman–Crippen MR) is 140 cm³/mol. The Kier molecular flexibility index (Phi) is 10.8. The van der Waals surface area contributed by atoms with E-state index < -0.39 is 0 Å². The Morgan fingerprint density at radius 2 is 1.91 bits per heavy atom. The average molecular weight is 550 g/mol. The zero-order valence-corrected chi connectivity index (χ0v) is 21.5. The molecule has 0 spiro atoms. The van der Waals surface area contributed by atoms with Crippen LogP contribution in [-0.4, -0.2) is 42.4 Å². The summed E-state index contributed by atoms with van der Waals surface area (Å²) in [6, 6.07) is 18.4. The lowest BCUT2D eigenvalue weighted by molar-refractivity contribution is -0.133. The van der Waals surface area contributed by atoms with Crippen molar-refractivity contribution in [3.8, 4) is 5.75 Å². The third-order valence-corrected chi connectivity index (χ3v) is 5.24. The molecular formula is C25H35IN4O2. The first-order valence-electron chi connectivity index (χ1n) is 11.1. The van der Waals surface area contributed by atoms with Gasteiger partial charge in [0.15, 0.2) is 5.96 Å². The van der Waals surface area contributed by atoms with E-state index in [4.69, 9.17) is 9.73 Å². The summed E-state index contributed by atoms with van der Waals surface area (Å²) < 4.78 is 5.85. The lowest BCUT2D eigenvalue weighted by atomic mass is 10.1. The van der Waals surface area contributed by atoms with Crippen LogP contribution in [0.5, 0.6) is 5.75 Å². The van der Waals surface area contributed by atoms with Gasteiger partial charge in [-0.3, -0.25) is 4.79 Å². The molecule has 0 aromatic heterocycles. The summed E-state index contributed by atoms with van der Waals surface area (Å²) in [6.45, 7) is 9.39. The van der Waals surface area contributed by atoms with Crippen LogP contribution in [0.25, 0.3) is 0 Å². The molecule has 32 heavy (non-hydrogen) atoms. The van der Waals surface area contributed by atoms with Crippen LogP contribution in [0.1, 0.15) is 38.3 Å². The number of carbonyl (C=O) groups is 1. The Morgan fingerprint density at radius 1 is 1.16 bits per heavy atom. The van der Waals surface area contributed by atoms with Crippen molar-refractivity contribution in [1.29, 1.82) is 0 Å². The van der Waals surface area contributed by atoms with Gasteiger partial charge in [-0.2, -0.15) is 0 Å². The first-order valence-corrected chi connectivity index (χ1v) is 11.1. The molecule has 0 aliphatic carbocycles. The zero-order chi connectivity index (χ0) is 22.1. The number of aliphatic imine (C=N–C) groups is 1. The Balaban J connectivity index is 0.00000363. The summed E-state index contributed by atoms with van der Waals surface area (Å²) in [5.41, 5.74) is 2.25. The van der Waals surface area contributed by atoms with Gasteiger partial charge in [0.2, 0.25) is 5.91 Å². The normalized spacial score (nSPS) is 15.9. The molecule has 0 bridgehead atoms. The van der Waals surface area contributed by atoms with E-state index >= 15 is 0 Å². The molecule has 2 aromatic carbocycles. The van der Waals surface area contributed by atoms with Crippen molar-refractivity contribution in [3.63, 3.8) is 0 Å². The van der Waals surface area contributed by atoms with Gasteiger partial charge in [0.05, 0.1) is 6.54 Å². The third kappa shape index (κ3) is 8.00. The van der Waals surface area contributed by atoms with Crippen LogP contribution in [0.4, 0.5) is 0 Å². The standard InChI is InChI=1S/C25H34N4O2.HI/c1-4-26-25(28-22-13-14-29(17-22)24(30)19(2)3)27-16-20-9-8-10-21(15-20)18-31-23-11-6-5-7-12-23;/h5-12,15,19,22H,4,13-14,16-18H2,1-3H3,(H2,26,27,28);1H. The zero-order valence-electron chi connectivity index (χ0n) is 19.2. The minimum atomic E-state index is 0. The molecule has 1 heterocycles. The van der Waals surface area contributed by atoms with Crippen molar-refractivity contribution in [3.05, 3.63) is 65.7 Å². The number of benzene rings is 2. The van der Waals surface area contributed by atoms with Crippen LogP contribution in [-0.2, 0) is 17.9 Å². The van der Waals surface area contributed by atoms with Crippen LogP contribution in [0, 0.1) is 5.92 Å². The molecule has 0 radical (unpaired) electrons. The summed E-state index contributed by atoms with van der Waals surface area (Å²) in [5.74, 6) is 1.92. The van der Waals surface area contributed by atoms with Gasteiger partial charge in [-0.1, -0.05) is 56.3 Å². The lowest BCUT2D eigenvalue weighted by Gasteiger charge is -2.20. The van der Waals surface area contributed by atoms with E-state index in [1.54, 1.807) is 0 Å². The monoisotopic (exact) mass is 550 g/mol. The molecule has 6 nitrogen and oxygen atoms in total. The van der Waals surface area contributed by atoms with Crippen LogP contribution in [0.3, 0.4) is 0 Å². The number of nitrogens with zero attached hydrogens (tertiary/aromatic N) is 2. The molecule has 2 aromatic rings. The molecule has 1 fully saturated rings. The van der Waals surface area contributed by atoms with Gasteiger partial charge >= 0.3 is 0 Å². The second kappa shape index (κ2) is 13.3. The number of nitrogens with one attached hydrogen (secondary N) is 2. The molecule has 7 heteroatoms. The van der Waals surface area contributed by atoms with Crippen molar-refractivity contribution in [2.45, 2.75) is 46.4 Å². The highest BCUT2D eigenvalue weighted by Crippen LogP contribution is 2.14. The van der Waals surface area contributed by atoms with Crippen molar-refractivity contribution >= 4 is 35.8 Å². The SMILES string of the molecule is CCNC(=NCc1cccc(COc2ccccc2)c1)NC1CCN(C(=O)C(C)C)C1.I. The highest BCUT2D eigenvalue weighted by atomic mass is 127.